The minimum atomic E-state index is -0.670. The molecule has 3 N–H and O–H groups in total. The molecule has 0 fully saturated rings. The highest BCUT2D eigenvalue weighted by molar-refractivity contribution is 14.0. The SMILES string of the molecule is C=C(C)CNC(=NCC(O)c1ccc(Cl)s1)NCCc1ccco1.I. The molecule has 8 heteroatoms. The molecule has 0 saturated carbocycles. The van der Waals surface area contributed by atoms with Crippen LogP contribution in [0.25, 0.3) is 0 Å². The van der Waals surface area contributed by atoms with Crippen molar-refractivity contribution in [1.29, 1.82) is 0 Å². The van der Waals surface area contributed by atoms with Crippen molar-refractivity contribution < 1.29 is 9.52 Å². The van der Waals surface area contributed by atoms with Gasteiger partial charge in [-0.25, -0.2) is 0 Å². The molecule has 1 unspecified atom stereocenters. The summed E-state index contributed by atoms with van der Waals surface area (Å²) in [5, 5.41) is 16.6. The minimum Gasteiger partial charge on any atom is -0.469 e. The summed E-state index contributed by atoms with van der Waals surface area (Å²) in [6.07, 6.45) is 1.74. The molecule has 2 heterocycles. The van der Waals surface area contributed by atoms with E-state index in [1.54, 1.807) is 12.3 Å². The first kappa shape index (κ1) is 22.0. The Morgan fingerprint density at radius 3 is 2.80 bits per heavy atom. The fraction of sp³-hybridized carbons (Fsp3) is 0.353. The number of hydrogen-bond donors (Lipinski definition) is 3. The average Bonchev–Trinajstić information content (AvgIpc) is 3.20. The second kappa shape index (κ2) is 11.6. The fourth-order valence-electron chi connectivity index (χ4n) is 1.94. The van der Waals surface area contributed by atoms with Crippen molar-refractivity contribution in [2.75, 3.05) is 19.6 Å². The van der Waals surface area contributed by atoms with Gasteiger partial charge in [0.05, 0.1) is 17.1 Å². The smallest absolute Gasteiger partial charge is 0.191 e. The van der Waals surface area contributed by atoms with Crippen LogP contribution in [0.2, 0.25) is 4.34 Å². The van der Waals surface area contributed by atoms with Crippen molar-refractivity contribution >= 4 is 52.9 Å². The molecule has 0 spiro atoms. The fourth-order valence-corrected chi connectivity index (χ4v) is 2.98. The number of nitrogens with one attached hydrogen (secondary N) is 2. The summed E-state index contributed by atoms with van der Waals surface area (Å²) in [6.45, 7) is 7.36. The van der Waals surface area contributed by atoms with E-state index in [1.807, 2.05) is 25.1 Å². The molecule has 0 aliphatic carbocycles. The molecule has 0 aliphatic heterocycles. The first-order chi connectivity index (χ1) is 11.5. The van der Waals surface area contributed by atoms with Crippen LogP contribution in [-0.4, -0.2) is 30.7 Å². The van der Waals surface area contributed by atoms with E-state index in [9.17, 15) is 5.11 Å². The quantitative estimate of drug-likeness (QED) is 0.224. The maximum atomic E-state index is 10.2. The van der Waals surface area contributed by atoms with E-state index in [2.05, 4.69) is 22.2 Å². The van der Waals surface area contributed by atoms with Gasteiger partial charge in [0.15, 0.2) is 5.96 Å². The first-order valence-corrected chi connectivity index (χ1v) is 8.86. The third kappa shape index (κ3) is 8.26. The molecule has 0 radical (unpaired) electrons. The van der Waals surface area contributed by atoms with Gasteiger partial charge in [-0.2, -0.15) is 0 Å². The van der Waals surface area contributed by atoms with Crippen LogP contribution < -0.4 is 10.6 Å². The second-order valence-electron chi connectivity index (χ2n) is 5.41. The van der Waals surface area contributed by atoms with Crippen LogP contribution in [0.4, 0.5) is 0 Å². The topological polar surface area (TPSA) is 69.8 Å². The molecule has 2 rings (SSSR count). The van der Waals surface area contributed by atoms with Crippen LogP contribution >= 0.6 is 46.9 Å². The van der Waals surface area contributed by atoms with Gasteiger partial charge < -0.3 is 20.2 Å². The van der Waals surface area contributed by atoms with E-state index >= 15 is 0 Å². The largest absolute Gasteiger partial charge is 0.469 e. The molecule has 138 valence electrons. The second-order valence-corrected chi connectivity index (χ2v) is 7.16. The Morgan fingerprint density at radius 2 is 2.20 bits per heavy atom. The predicted octanol–water partition coefficient (Wildman–Crippen LogP) is 4.00. The number of thiophene rings is 1. The van der Waals surface area contributed by atoms with Crippen LogP contribution in [0.15, 0.2) is 52.1 Å². The molecule has 0 aliphatic rings. The highest BCUT2D eigenvalue weighted by Crippen LogP contribution is 2.26. The third-order valence-electron chi connectivity index (χ3n) is 3.15. The average molecular weight is 496 g/mol. The Hall–Kier alpha value is -1.03. The third-order valence-corrected chi connectivity index (χ3v) is 4.48. The van der Waals surface area contributed by atoms with Crippen LogP contribution in [0.5, 0.6) is 0 Å². The van der Waals surface area contributed by atoms with Crippen molar-refractivity contribution in [3.8, 4) is 0 Å². The van der Waals surface area contributed by atoms with Gasteiger partial charge in [0.2, 0.25) is 0 Å². The van der Waals surface area contributed by atoms with Crippen LogP contribution in [-0.2, 0) is 6.42 Å². The summed E-state index contributed by atoms with van der Waals surface area (Å²) in [5.41, 5.74) is 1.00. The number of aliphatic hydroxyl groups excluding tert-OH is 1. The van der Waals surface area contributed by atoms with Crippen molar-refractivity contribution in [2.45, 2.75) is 19.4 Å². The summed E-state index contributed by atoms with van der Waals surface area (Å²) in [6, 6.07) is 7.39. The number of rotatable bonds is 8. The maximum Gasteiger partial charge on any atom is 0.191 e. The Morgan fingerprint density at radius 1 is 1.40 bits per heavy atom. The lowest BCUT2D eigenvalue weighted by Gasteiger charge is -2.13. The van der Waals surface area contributed by atoms with Crippen molar-refractivity contribution in [3.05, 3.63) is 57.7 Å². The van der Waals surface area contributed by atoms with Gasteiger partial charge in [-0.3, -0.25) is 4.99 Å². The summed E-state index contributed by atoms with van der Waals surface area (Å²) >= 11 is 7.26. The first-order valence-electron chi connectivity index (χ1n) is 7.67. The number of halogens is 2. The van der Waals surface area contributed by atoms with Crippen LogP contribution in [0.3, 0.4) is 0 Å². The number of aliphatic imine (C=N–C) groups is 1. The molecule has 2 aromatic rings. The lowest BCUT2D eigenvalue weighted by atomic mass is 10.3. The van der Waals surface area contributed by atoms with E-state index < -0.39 is 6.10 Å². The Kier molecular flexibility index (Phi) is 10.2. The molecule has 2 aromatic heterocycles. The number of furan rings is 1. The number of nitrogens with zero attached hydrogens (tertiary/aromatic N) is 1. The van der Waals surface area contributed by atoms with E-state index in [0.717, 1.165) is 22.6 Å². The highest BCUT2D eigenvalue weighted by Gasteiger charge is 2.10. The lowest BCUT2D eigenvalue weighted by molar-refractivity contribution is 0.191. The van der Waals surface area contributed by atoms with Crippen molar-refractivity contribution in [2.24, 2.45) is 4.99 Å². The summed E-state index contributed by atoms with van der Waals surface area (Å²) in [7, 11) is 0. The predicted molar refractivity (Wildman–Crippen MR) is 115 cm³/mol. The van der Waals surface area contributed by atoms with E-state index in [-0.39, 0.29) is 30.5 Å². The van der Waals surface area contributed by atoms with Gasteiger partial charge >= 0.3 is 0 Å². The maximum absolute atomic E-state index is 10.2. The standard InChI is InChI=1S/C17H22ClN3O2S.HI/c1-12(2)10-20-17(19-8-7-13-4-3-9-23-13)21-11-14(22)15-5-6-16(18)24-15;/h3-6,9,14,22H,1,7-8,10-11H2,2H3,(H2,19,20,21);1H. The van der Waals surface area contributed by atoms with Gasteiger partial charge in [0.25, 0.3) is 0 Å². The van der Waals surface area contributed by atoms with Crippen LogP contribution in [0.1, 0.15) is 23.7 Å². The lowest BCUT2D eigenvalue weighted by Crippen LogP contribution is -2.39. The zero-order valence-electron chi connectivity index (χ0n) is 14.0. The molecule has 0 aromatic carbocycles. The Bertz CT molecular complexity index is 673. The van der Waals surface area contributed by atoms with Crippen molar-refractivity contribution in [1.82, 2.24) is 10.6 Å². The number of hydrogen-bond acceptors (Lipinski definition) is 4. The van der Waals surface area contributed by atoms with E-state index in [1.165, 1.54) is 11.3 Å². The summed E-state index contributed by atoms with van der Waals surface area (Å²) in [5.74, 6) is 1.54. The molecule has 5 nitrogen and oxygen atoms in total. The van der Waals surface area contributed by atoms with Gasteiger partial charge in [-0.15, -0.1) is 35.3 Å². The highest BCUT2D eigenvalue weighted by atomic mass is 127. The molecular formula is C17H23ClIN3O2S. The Balaban J connectivity index is 0.00000312. The van der Waals surface area contributed by atoms with Gasteiger partial charge in [-0.05, 0) is 31.2 Å². The zero-order chi connectivity index (χ0) is 17.4. The van der Waals surface area contributed by atoms with Gasteiger partial charge in [0, 0.05) is 24.4 Å². The number of guanidine groups is 1. The van der Waals surface area contributed by atoms with Gasteiger partial charge in [0.1, 0.15) is 11.9 Å². The van der Waals surface area contributed by atoms with Crippen LogP contribution in [0, 0.1) is 0 Å². The van der Waals surface area contributed by atoms with Gasteiger partial charge in [-0.1, -0.05) is 23.8 Å². The summed E-state index contributed by atoms with van der Waals surface area (Å²) in [4.78, 5) is 5.24. The van der Waals surface area contributed by atoms with E-state index in [0.29, 0.717) is 23.4 Å². The van der Waals surface area contributed by atoms with Crippen molar-refractivity contribution in [3.63, 3.8) is 0 Å². The van der Waals surface area contributed by atoms with E-state index in [4.69, 9.17) is 16.0 Å². The molecule has 25 heavy (non-hydrogen) atoms. The minimum absolute atomic E-state index is 0. The number of aliphatic hydroxyl groups is 1. The normalized spacial score (nSPS) is 12.4. The Labute approximate surface area is 174 Å². The molecule has 1 atom stereocenters. The molecular weight excluding hydrogens is 473 g/mol. The molecule has 0 bridgehead atoms. The summed E-state index contributed by atoms with van der Waals surface area (Å²) < 4.78 is 5.96. The molecule has 0 saturated heterocycles. The zero-order valence-corrected chi connectivity index (χ0v) is 17.9. The molecule has 0 amide bonds. The monoisotopic (exact) mass is 495 g/mol.